The molecule has 3 saturated heterocycles. The van der Waals surface area contributed by atoms with Gasteiger partial charge in [0.15, 0.2) is 5.60 Å². The molecule has 4 rings (SSSR count). The molecule has 0 bridgehead atoms. The van der Waals surface area contributed by atoms with Crippen molar-refractivity contribution in [1.82, 2.24) is 14.2 Å². The minimum atomic E-state index is -0.953. The highest BCUT2D eigenvalue weighted by atomic mass is 32.1. The molecule has 2 atom stereocenters. The fraction of sp³-hybridized carbons (Fsp3) is 0.476. The third kappa shape index (κ3) is 3.72. The molecular weight excluding hydrogens is 412 g/mol. The number of likely N-dealkylation sites (tertiary alicyclic amines) is 1. The number of allylic oxidation sites excluding steroid dienone is 3. The lowest BCUT2D eigenvalue weighted by atomic mass is 9.89. The van der Waals surface area contributed by atoms with Gasteiger partial charge in [0.05, 0.1) is 23.6 Å². The van der Waals surface area contributed by atoms with Gasteiger partial charge in [0.1, 0.15) is 12.1 Å². The van der Waals surface area contributed by atoms with Crippen molar-refractivity contribution < 1.29 is 23.1 Å². The van der Waals surface area contributed by atoms with E-state index < -0.39 is 17.3 Å². The van der Waals surface area contributed by atoms with Crippen molar-refractivity contribution in [2.24, 2.45) is 0 Å². The van der Waals surface area contributed by atoms with Crippen LogP contribution in [0.15, 0.2) is 47.5 Å². The molecule has 30 heavy (non-hydrogen) atoms. The zero-order valence-electron chi connectivity index (χ0n) is 16.6. The van der Waals surface area contributed by atoms with Gasteiger partial charge in [-0.1, -0.05) is 6.58 Å². The summed E-state index contributed by atoms with van der Waals surface area (Å²) in [5.74, 6) is -1.60. The van der Waals surface area contributed by atoms with E-state index in [1.165, 1.54) is 17.6 Å². The van der Waals surface area contributed by atoms with Crippen molar-refractivity contribution in [2.75, 3.05) is 13.1 Å². The van der Waals surface area contributed by atoms with Gasteiger partial charge in [-0.05, 0) is 42.9 Å². The highest BCUT2D eigenvalue weighted by Crippen LogP contribution is 2.44. The number of nitrogens with zero attached hydrogens (tertiary/aromatic N) is 3. The minimum Gasteiger partial charge on any atom is -0.342 e. The Hall–Kier alpha value is -2.39. The van der Waals surface area contributed by atoms with Gasteiger partial charge in [-0.25, -0.2) is 13.2 Å². The van der Waals surface area contributed by atoms with Gasteiger partial charge in [0, 0.05) is 37.4 Å². The summed E-state index contributed by atoms with van der Waals surface area (Å²) in [6, 6.07) is -0.377. The molecule has 3 aliphatic rings. The summed E-state index contributed by atoms with van der Waals surface area (Å²) in [4.78, 5) is 29.2. The van der Waals surface area contributed by atoms with E-state index in [2.05, 4.69) is 11.0 Å². The van der Waals surface area contributed by atoms with Crippen molar-refractivity contribution in [3.05, 3.63) is 53.1 Å². The van der Waals surface area contributed by atoms with Crippen LogP contribution in [-0.2, 0) is 9.53 Å². The molecule has 0 unspecified atom stereocenters. The van der Waals surface area contributed by atoms with Crippen LogP contribution in [0.25, 0.3) is 0 Å². The summed E-state index contributed by atoms with van der Waals surface area (Å²) in [5, 5.41) is 1.71. The third-order valence-corrected chi connectivity index (χ3v) is 6.53. The van der Waals surface area contributed by atoms with Crippen LogP contribution in [0.5, 0.6) is 0 Å². The van der Waals surface area contributed by atoms with Gasteiger partial charge in [-0.3, -0.25) is 9.59 Å². The van der Waals surface area contributed by atoms with Crippen molar-refractivity contribution in [3.63, 3.8) is 0 Å². The molecule has 0 saturated carbocycles. The van der Waals surface area contributed by atoms with Gasteiger partial charge in [0.25, 0.3) is 11.8 Å². The van der Waals surface area contributed by atoms with Crippen LogP contribution in [0.3, 0.4) is 0 Å². The number of rotatable bonds is 4. The van der Waals surface area contributed by atoms with Crippen LogP contribution >= 0.6 is 11.5 Å². The Morgan fingerprint density at radius 2 is 2.07 bits per heavy atom. The van der Waals surface area contributed by atoms with Crippen molar-refractivity contribution in [2.45, 2.75) is 50.5 Å². The monoisotopic (exact) mass is 435 g/mol. The average Bonchev–Trinajstić information content (AvgIpc) is 3.41. The lowest BCUT2D eigenvalue weighted by Gasteiger charge is -2.37. The number of amides is 2. The zero-order chi connectivity index (χ0) is 21.5. The first-order chi connectivity index (χ1) is 14.3. The number of fused-ring (bicyclic) bond motifs is 1. The second-order valence-corrected chi connectivity index (χ2v) is 8.57. The SMILES string of the molecule is C=C(/C=C(F)\C=C(/C)F)[C@@H]1CC[C@H]2OC3(CCN(C(=O)c4cnsc4)CC3)C(=O)N21. The molecule has 1 aromatic heterocycles. The maximum absolute atomic E-state index is 13.9. The summed E-state index contributed by atoms with van der Waals surface area (Å²) in [6.45, 7) is 5.90. The maximum atomic E-state index is 13.9. The van der Waals surface area contributed by atoms with Crippen LogP contribution < -0.4 is 0 Å². The molecule has 0 aliphatic carbocycles. The van der Waals surface area contributed by atoms with E-state index in [0.717, 1.165) is 13.0 Å². The number of hydrogen-bond acceptors (Lipinski definition) is 5. The highest BCUT2D eigenvalue weighted by Gasteiger charge is 2.58. The normalized spacial score (nSPS) is 26.4. The Balaban J connectivity index is 1.44. The second kappa shape index (κ2) is 8.03. The van der Waals surface area contributed by atoms with Crippen LogP contribution in [0.1, 0.15) is 43.0 Å². The average molecular weight is 435 g/mol. The third-order valence-electron chi connectivity index (χ3n) is 5.94. The van der Waals surface area contributed by atoms with Crippen molar-refractivity contribution >= 4 is 23.3 Å². The Kier molecular flexibility index (Phi) is 5.59. The summed E-state index contributed by atoms with van der Waals surface area (Å²) in [5.41, 5.74) is 0.0161. The van der Waals surface area contributed by atoms with Gasteiger partial charge in [-0.15, -0.1) is 0 Å². The van der Waals surface area contributed by atoms with Gasteiger partial charge in [-0.2, -0.15) is 0 Å². The van der Waals surface area contributed by atoms with E-state index in [9.17, 15) is 18.4 Å². The summed E-state index contributed by atoms with van der Waals surface area (Å²) < 4.78 is 37.0. The summed E-state index contributed by atoms with van der Waals surface area (Å²) in [7, 11) is 0. The molecule has 2 amide bonds. The first kappa shape index (κ1) is 20.9. The van der Waals surface area contributed by atoms with Gasteiger partial charge in [0.2, 0.25) is 0 Å². The lowest BCUT2D eigenvalue weighted by molar-refractivity contribution is -0.142. The number of aromatic nitrogens is 1. The van der Waals surface area contributed by atoms with E-state index in [1.54, 1.807) is 21.4 Å². The van der Waals surface area contributed by atoms with E-state index in [-0.39, 0.29) is 24.1 Å². The van der Waals surface area contributed by atoms with Crippen LogP contribution in [0, 0.1) is 0 Å². The lowest BCUT2D eigenvalue weighted by Crippen LogP contribution is -2.52. The summed E-state index contributed by atoms with van der Waals surface area (Å²) in [6.07, 6.45) is 5.20. The predicted molar refractivity (Wildman–Crippen MR) is 108 cm³/mol. The van der Waals surface area contributed by atoms with Gasteiger partial charge >= 0.3 is 0 Å². The number of ether oxygens (including phenoxy) is 1. The molecule has 3 aliphatic heterocycles. The molecule has 4 heterocycles. The first-order valence-electron chi connectivity index (χ1n) is 9.90. The molecule has 0 radical (unpaired) electrons. The number of halogens is 2. The van der Waals surface area contributed by atoms with Crippen molar-refractivity contribution in [3.8, 4) is 0 Å². The molecule has 9 heteroatoms. The topological polar surface area (TPSA) is 62.7 Å². The molecule has 3 fully saturated rings. The number of piperidine rings is 1. The molecule has 0 aromatic carbocycles. The maximum Gasteiger partial charge on any atom is 0.257 e. The van der Waals surface area contributed by atoms with E-state index >= 15 is 0 Å². The fourth-order valence-corrected chi connectivity index (χ4v) is 4.99. The first-order valence-corrected chi connectivity index (χ1v) is 10.7. The van der Waals surface area contributed by atoms with Crippen LogP contribution in [0.4, 0.5) is 8.78 Å². The second-order valence-electron chi connectivity index (χ2n) is 7.91. The molecule has 1 spiro atoms. The zero-order valence-corrected chi connectivity index (χ0v) is 17.5. The smallest absolute Gasteiger partial charge is 0.257 e. The highest BCUT2D eigenvalue weighted by molar-refractivity contribution is 7.03. The van der Waals surface area contributed by atoms with E-state index in [4.69, 9.17) is 4.74 Å². The van der Waals surface area contributed by atoms with E-state index in [0.29, 0.717) is 49.9 Å². The Morgan fingerprint density at radius 3 is 2.70 bits per heavy atom. The Morgan fingerprint density at radius 1 is 1.33 bits per heavy atom. The quantitative estimate of drug-likeness (QED) is 0.676. The minimum absolute atomic E-state index is 0.0902. The number of hydrogen-bond donors (Lipinski definition) is 0. The number of carbonyl (C=O) groups is 2. The molecule has 6 nitrogen and oxygen atoms in total. The number of carbonyl (C=O) groups excluding carboxylic acids is 2. The van der Waals surface area contributed by atoms with E-state index in [1.807, 2.05) is 0 Å². The van der Waals surface area contributed by atoms with Gasteiger partial charge < -0.3 is 14.5 Å². The molecular formula is C21H23F2N3O3S. The van der Waals surface area contributed by atoms with Crippen LogP contribution in [-0.4, -0.2) is 56.9 Å². The molecule has 160 valence electrons. The molecule has 1 aromatic rings. The predicted octanol–water partition coefficient (Wildman–Crippen LogP) is 3.75. The van der Waals surface area contributed by atoms with Crippen LogP contribution in [0.2, 0.25) is 0 Å². The largest absolute Gasteiger partial charge is 0.342 e. The molecule has 0 N–H and O–H groups in total. The Bertz CT molecular complexity index is 916. The Labute approximate surface area is 177 Å². The van der Waals surface area contributed by atoms with Crippen molar-refractivity contribution in [1.29, 1.82) is 0 Å². The fourth-order valence-electron chi connectivity index (χ4n) is 4.48. The summed E-state index contributed by atoms with van der Waals surface area (Å²) >= 11 is 1.23. The standard InChI is InChI=1S/C21H23F2N3O3S/c1-13(9-16(23)10-14(2)22)17-3-4-18-26(17)20(28)21(29-18)5-7-25(8-6-21)19(27)15-11-24-30-12-15/h9-12,17-18H,1,3-8H2,2H3/b14-10+,16-9+/t17-,18+/m0/s1.